The van der Waals surface area contributed by atoms with Crippen LogP contribution in [0.25, 0.3) is 0 Å². The largest absolute Gasteiger partial charge is 0.375 e. The highest BCUT2D eigenvalue weighted by atomic mass is 16.5. The molecule has 7 nitrogen and oxygen atoms in total. The maximum Gasteiger partial charge on any atom is 0.249 e. The number of likely N-dealkylation sites (tertiary alicyclic amines) is 1. The second-order valence-corrected chi connectivity index (χ2v) is 10.3. The molecule has 2 atom stereocenters. The number of rotatable bonds is 9. The van der Waals surface area contributed by atoms with Gasteiger partial charge in [-0.15, -0.1) is 0 Å². The molecule has 1 saturated heterocycles. The molecule has 7 heteroatoms. The van der Waals surface area contributed by atoms with Gasteiger partial charge in [-0.25, -0.2) is 0 Å². The van der Waals surface area contributed by atoms with Gasteiger partial charge in [0.25, 0.3) is 0 Å². The van der Waals surface area contributed by atoms with E-state index in [0.29, 0.717) is 18.9 Å². The van der Waals surface area contributed by atoms with Gasteiger partial charge in [0.2, 0.25) is 11.8 Å². The molecule has 1 aromatic rings. The summed E-state index contributed by atoms with van der Waals surface area (Å²) in [5, 5.41) is 3.22. The van der Waals surface area contributed by atoms with Gasteiger partial charge in [0.05, 0.1) is 0 Å². The fourth-order valence-electron chi connectivity index (χ4n) is 5.11. The average molecular weight is 459 g/mol. The lowest BCUT2D eigenvalue weighted by molar-refractivity contribution is -0.141. The number of nitrogens with one attached hydrogen (secondary N) is 1. The molecule has 1 heterocycles. The van der Waals surface area contributed by atoms with E-state index in [9.17, 15) is 9.59 Å². The van der Waals surface area contributed by atoms with Gasteiger partial charge in [0, 0.05) is 44.9 Å². The molecular weight excluding hydrogens is 416 g/mol. The van der Waals surface area contributed by atoms with Crippen LogP contribution in [0.3, 0.4) is 0 Å². The van der Waals surface area contributed by atoms with Crippen LogP contribution in [-0.4, -0.2) is 72.6 Å². The molecule has 1 aliphatic heterocycles. The predicted octanol–water partition coefficient (Wildman–Crippen LogP) is 2.46. The third kappa shape index (κ3) is 7.26. The molecule has 2 amide bonds. The molecule has 2 unspecified atom stereocenters. The lowest BCUT2D eigenvalue weighted by Gasteiger charge is -2.30. The van der Waals surface area contributed by atoms with E-state index in [2.05, 4.69) is 55.3 Å². The Hall–Kier alpha value is -1.96. The van der Waals surface area contributed by atoms with Gasteiger partial charge in [0.15, 0.2) is 0 Å². The molecule has 2 fully saturated rings. The van der Waals surface area contributed by atoms with Crippen molar-refractivity contribution in [3.05, 3.63) is 35.4 Å². The number of hydrogen-bond donors (Lipinski definition) is 2. The van der Waals surface area contributed by atoms with E-state index in [-0.39, 0.29) is 36.5 Å². The third-order valence-corrected chi connectivity index (χ3v) is 6.91. The second kappa shape index (κ2) is 12.0. The van der Waals surface area contributed by atoms with Gasteiger partial charge < -0.3 is 20.7 Å². The van der Waals surface area contributed by atoms with E-state index >= 15 is 0 Å². The molecule has 0 radical (unpaired) electrons. The van der Waals surface area contributed by atoms with E-state index < -0.39 is 6.04 Å². The summed E-state index contributed by atoms with van der Waals surface area (Å²) in [6.07, 6.45) is 4.32. The minimum atomic E-state index is -0.457. The smallest absolute Gasteiger partial charge is 0.249 e. The zero-order valence-corrected chi connectivity index (χ0v) is 20.8. The van der Waals surface area contributed by atoms with E-state index in [4.69, 9.17) is 10.5 Å². The molecule has 33 heavy (non-hydrogen) atoms. The summed E-state index contributed by atoms with van der Waals surface area (Å²) in [6.45, 7) is 8.79. The van der Waals surface area contributed by atoms with Crippen molar-refractivity contribution in [2.75, 3.05) is 26.8 Å². The summed E-state index contributed by atoms with van der Waals surface area (Å²) in [4.78, 5) is 30.3. The van der Waals surface area contributed by atoms with Crippen molar-refractivity contribution < 1.29 is 14.3 Å². The van der Waals surface area contributed by atoms with E-state index in [1.54, 1.807) is 4.90 Å². The first-order chi connectivity index (χ1) is 15.8. The van der Waals surface area contributed by atoms with Crippen LogP contribution >= 0.6 is 0 Å². The van der Waals surface area contributed by atoms with E-state index in [0.717, 1.165) is 38.8 Å². The summed E-state index contributed by atoms with van der Waals surface area (Å²) >= 11 is 0. The molecule has 3 rings (SSSR count). The number of nitrogens with zero attached hydrogens (tertiary/aromatic N) is 2. The molecule has 0 bridgehead atoms. The predicted molar refractivity (Wildman–Crippen MR) is 131 cm³/mol. The molecule has 0 aromatic heterocycles. The number of hydrogen-bond acceptors (Lipinski definition) is 5. The van der Waals surface area contributed by atoms with Crippen LogP contribution in [0.2, 0.25) is 0 Å². The maximum atomic E-state index is 13.3. The van der Waals surface area contributed by atoms with Gasteiger partial charge in [-0.1, -0.05) is 43.7 Å². The van der Waals surface area contributed by atoms with Crippen molar-refractivity contribution >= 4 is 11.8 Å². The number of benzene rings is 1. The molecular formula is C26H42N4O3. The number of nitrogens with two attached hydrogens (primary N) is 1. The minimum absolute atomic E-state index is 0.00305. The number of aryl methyl sites for hydroxylation is 1. The Labute approximate surface area is 199 Å². The summed E-state index contributed by atoms with van der Waals surface area (Å²) < 4.78 is 5.12. The Morgan fingerprint density at radius 1 is 1.18 bits per heavy atom. The van der Waals surface area contributed by atoms with Crippen LogP contribution in [-0.2, 0) is 20.9 Å². The highest BCUT2D eigenvalue weighted by Crippen LogP contribution is 2.26. The fourth-order valence-corrected chi connectivity index (χ4v) is 5.11. The molecule has 1 saturated carbocycles. The SMILES string of the molecule is COCC(=O)N1CC(N(Cc2ccc(C)cc2)CC(C)C)CC1C(=O)NC1CCC(N)CC1. The first-order valence-corrected chi connectivity index (χ1v) is 12.4. The quantitative estimate of drug-likeness (QED) is 0.594. The van der Waals surface area contributed by atoms with Gasteiger partial charge in [0.1, 0.15) is 12.6 Å². The molecule has 0 spiro atoms. The highest BCUT2D eigenvalue weighted by Gasteiger charge is 2.42. The monoisotopic (exact) mass is 458 g/mol. The van der Waals surface area contributed by atoms with Crippen molar-refractivity contribution in [1.29, 1.82) is 0 Å². The lowest BCUT2D eigenvalue weighted by Crippen LogP contribution is -2.50. The number of methoxy groups -OCH3 is 1. The Bertz CT molecular complexity index is 774. The Balaban J connectivity index is 1.74. The zero-order chi connectivity index (χ0) is 24.0. The Morgan fingerprint density at radius 2 is 1.85 bits per heavy atom. The summed E-state index contributed by atoms with van der Waals surface area (Å²) in [7, 11) is 1.52. The Kier molecular flexibility index (Phi) is 9.29. The first kappa shape index (κ1) is 25.7. The number of ether oxygens (including phenoxy) is 1. The third-order valence-electron chi connectivity index (χ3n) is 6.91. The number of carbonyl (C=O) groups excluding carboxylic acids is 2. The van der Waals surface area contributed by atoms with E-state index in [1.807, 2.05) is 0 Å². The van der Waals surface area contributed by atoms with Crippen molar-refractivity contribution in [2.24, 2.45) is 11.7 Å². The standard InChI is InChI=1S/C26H42N4O3/c1-18(2)14-29(15-20-7-5-19(3)6-8-20)23-13-24(30(16-23)25(31)17-33-4)26(32)28-22-11-9-21(27)10-12-22/h5-8,18,21-24H,9-17,27H2,1-4H3,(H,28,32). The van der Waals surface area contributed by atoms with Crippen LogP contribution in [0, 0.1) is 12.8 Å². The minimum Gasteiger partial charge on any atom is -0.375 e. The van der Waals surface area contributed by atoms with Crippen molar-refractivity contribution in [3.63, 3.8) is 0 Å². The van der Waals surface area contributed by atoms with Gasteiger partial charge in [-0.2, -0.15) is 0 Å². The van der Waals surface area contributed by atoms with E-state index in [1.165, 1.54) is 18.2 Å². The van der Waals surface area contributed by atoms with Crippen molar-refractivity contribution in [1.82, 2.24) is 15.1 Å². The lowest BCUT2D eigenvalue weighted by atomic mass is 9.91. The van der Waals surface area contributed by atoms with Gasteiger partial charge in [-0.3, -0.25) is 14.5 Å². The van der Waals surface area contributed by atoms with Crippen LogP contribution in [0.15, 0.2) is 24.3 Å². The normalized spacial score (nSPS) is 25.6. The van der Waals surface area contributed by atoms with Gasteiger partial charge in [-0.05, 0) is 50.5 Å². The molecule has 1 aromatic carbocycles. The number of amides is 2. The summed E-state index contributed by atoms with van der Waals surface area (Å²) in [6, 6.07) is 8.67. The average Bonchev–Trinajstić information content (AvgIpc) is 3.22. The second-order valence-electron chi connectivity index (χ2n) is 10.3. The van der Waals surface area contributed by atoms with Gasteiger partial charge >= 0.3 is 0 Å². The van der Waals surface area contributed by atoms with Crippen LogP contribution in [0.1, 0.15) is 57.1 Å². The molecule has 2 aliphatic rings. The van der Waals surface area contributed by atoms with Crippen LogP contribution in [0.5, 0.6) is 0 Å². The first-order valence-electron chi connectivity index (χ1n) is 12.4. The molecule has 184 valence electrons. The zero-order valence-electron chi connectivity index (χ0n) is 20.8. The van der Waals surface area contributed by atoms with Crippen LogP contribution < -0.4 is 11.1 Å². The van der Waals surface area contributed by atoms with Crippen molar-refractivity contribution in [2.45, 2.75) is 83.6 Å². The van der Waals surface area contributed by atoms with Crippen LogP contribution in [0.4, 0.5) is 0 Å². The summed E-state index contributed by atoms with van der Waals surface area (Å²) in [5.74, 6) is 0.325. The van der Waals surface area contributed by atoms with Crippen molar-refractivity contribution in [3.8, 4) is 0 Å². The molecule has 3 N–H and O–H groups in total. The fraction of sp³-hybridized carbons (Fsp3) is 0.692. The summed E-state index contributed by atoms with van der Waals surface area (Å²) in [5.41, 5.74) is 8.52. The topological polar surface area (TPSA) is 87.9 Å². The maximum absolute atomic E-state index is 13.3. The molecule has 1 aliphatic carbocycles. The number of carbonyl (C=O) groups is 2. The Morgan fingerprint density at radius 3 is 2.45 bits per heavy atom. The highest BCUT2D eigenvalue weighted by molar-refractivity contribution is 5.89.